The third kappa shape index (κ3) is 3.13. The van der Waals surface area contributed by atoms with Gasteiger partial charge in [0.05, 0.1) is 0 Å². The lowest BCUT2D eigenvalue weighted by atomic mass is 9.34. The predicted octanol–water partition coefficient (Wildman–Crippen LogP) is 8.21. The van der Waals surface area contributed by atoms with E-state index in [0.29, 0.717) is 22.2 Å². The number of hydrogen-bond donors (Lipinski definition) is 0. The average Bonchev–Trinajstić information content (AvgIpc) is 2.73. The maximum atomic E-state index is 11.9. The molecule has 2 heteroatoms. The lowest BCUT2D eigenvalue weighted by Crippen LogP contribution is -2.64. The fourth-order valence-corrected chi connectivity index (χ4v) is 10.9. The van der Waals surface area contributed by atoms with Crippen LogP contribution in [0.3, 0.4) is 0 Å². The zero-order valence-corrected chi connectivity index (χ0v) is 22.8. The van der Waals surface area contributed by atoms with E-state index in [1.165, 1.54) is 51.4 Å². The van der Waals surface area contributed by atoms with Gasteiger partial charge in [-0.1, -0.05) is 66.5 Å². The van der Waals surface area contributed by atoms with Crippen molar-refractivity contribution in [3.05, 3.63) is 11.6 Å². The number of allylic oxidation sites excluding steroid dienone is 2. The zero-order chi connectivity index (χ0) is 24.0. The molecule has 5 rings (SSSR count). The molecular formula is C31H50O2. The molecule has 4 fully saturated rings. The molecule has 0 aliphatic heterocycles. The summed E-state index contributed by atoms with van der Waals surface area (Å²) in [5, 5.41) is 0. The number of hydrogen-bond acceptors (Lipinski definition) is 2. The molecule has 33 heavy (non-hydrogen) atoms. The first-order valence-electron chi connectivity index (χ1n) is 14.2. The lowest BCUT2D eigenvalue weighted by Gasteiger charge is -2.70. The number of carbonyl (C=O) groups is 1. The summed E-state index contributed by atoms with van der Waals surface area (Å²) in [6.07, 6.45) is 14.7. The Morgan fingerprint density at radius 3 is 2.33 bits per heavy atom. The van der Waals surface area contributed by atoms with Crippen molar-refractivity contribution < 1.29 is 9.53 Å². The van der Waals surface area contributed by atoms with E-state index in [4.69, 9.17) is 4.74 Å². The molecular weight excluding hydrogens is 404 g/mol. The summed E-state index contributed by atoms with van der Waals surface area (Å²) in [7, 11) is 0. The molecule has 0 aromatic heterocycles. The van der Waals surface area contributed by atoms with E-state index in [-0.39, 0.29) is 17.5 Å². The van der Waals surface area contributed by atoms with Crippen molar-refractivity contribution in [1.82, 2.24) is 0 Å². The van der Waals surface area contributed by atoms with Crippen LogP contribution in [-0.4, -0.2) is 12.1 Å². The fraction of sp³-hybridized carbons (Fsp3) is 0.903. The molecule has 186 valence electrons. The zero-order valence-electron chi connectivity index (χ0n) is 22.8. The third-order valence-corrected chi connectivity index (χ3v) is 13.1. The van der Waals surface area contributed by atoms with Crippen LogP contribution in [0, 0.1) is 57.2 Å². The minimum atomic E-state index is -0.109. The van der Waals surface area contributed by atoms with E-state index in [1.54, 1.807) is 6.92 Å². The van der Waals surface area contributed by atoms with Crippen molar-refractivity contribution in [3.63, 3.8) is 0 Å². The van der Waals surface area contributed by atoms with Crippen LogP contribution in [0.5, 0.6) is 0 Å². The second kappa shape index (κ2) is 7.60. The third-order valence-electron chi connectivity index (χ3n) is 13.1. The van der Waals surface area contributed by atoms with E-state index in [1.807, 2.05) is 5.57 Å². The Kier molecular flexibility index (Phi) is 5.51. The summed E-state index contributed by atoms with van der Waals surface area (Å²) in [6.45, 7) is 19.5. The second-order valence-corrected chi connectivity index (χ2v) is 14.5. The summed E-state index contributed by atoms with van der Waals surface area (Å²) < 4.78 is 5.90. The van der Waals surface area contributed by atoms with Crippen LogP contribution in [-0.2, 0) is 9.53 Å². The van der Waals surface area contributed by atoms with Gasteiger partial charge in [-0.05, 0) is 103 Å². The first-order chi connectivity index (χ1) is 15.4. The highest BCUT2D eigenvalue weighted by Gasteiger charge is 2.67. The molecule has 0 saturated heterocycles. The quantitative estimate of drug-likeness (QED) is 0.295. The van der Waals surface area contributed by atoms with E-state index in [2.05, 4.69) is 54.5 Å². The molecule has 5 aliphatic rings. The molecule has 5 aliphatic carbocycles. The van der Waals surface area contributed by atoms with Crippen molar-refractivity contribution in [1.29, 1.82) is 0 Å². The Balaban J connectivity index is 1.52. The molecule has 2 nitrogen and oxygen atoms in total. The van der Waals surface area contributed by atoms with Crippen LogP contribution < -0.4 is 0 Å². The maximum Gasteiger partial charge on any atom is 0.302 e. The van der Waals surface area contributed by atoms with Gasteiger partial charge >= 0.3 is 5.97 Å². The smallest absolute Gasteiger partial charge is 0.302 e. The minimum absolute atomic E-state index is 0.0515. The van der Waals surface area contributed by atoms with Crippen molar-refractivity contribution in [2.24, 2.45) is 57.2 Å². The number of ether oxygens (including phenoxy) is 1. The molecule has 0 aromatic rings. The molecule has 0 spiro atoms. The summed E-state index contributed by atoms with van der Waals surface area (Å²) in [6, 6.07) is 0. The number of fused-ring (bicyclic) bond motifs is 7. The maximum absolute atomic E-state index is 11.9. The molecule has 4 saturated carbocycles. The molecule has 0 aromatic carbocycles. The summed E-state index contributed by atoms with van der Waals surface area (Å²) >= 11 is 0. The molecule has 10 unspecified atom stereocenters. The van der Waals surface area contributed by atoms with Crippen molar-refractivity contribution in [2.75, 3.05) is 0 Å². The SMILES string of the molecule is CC(=O)OC1CCC2(C)C(CCC3(C)C2CC=C2C4C(CCC(C)C4C)CCC23C)C1(C)C. The number of carbonyl (C=O) groups excluding carboxylic acids is 1. The molecule has 0 bridgehead atoms. The number of rotatable bonds is 1. The predicted molar refractivity (Wildman–Crippen MR) is 136 cm³/mol. The highest BCUT2D eigenvalue weighted by atomic mass is 16.5. The van der Waals surface area contributed by atoms with Crippen LogP contribution in [0.1, 0.15) is 113 Å². The molecule has 0 N–H and O–H groups in total. The minimum Gasteiger partial charge on any atom is -0.462 e. The highest BCUT2D eigenvalue weighted by molar-refractivity contribution is 5.66. The second-order valence-electron chi connectivity index (χ2n) is 14.5. The summed E-state index contributed by atoms with van der Waals surface area (Å²) in [5.74, 6) is 4.72. The first-order valence-corrected chi connectivity index (χ1v) is 14.2. The molecule has 0 heterocycles. The van der Waals surface area contributed by atoms with Gasteiger partial charge in [0, 0.05) is 12.3 Å². The van der Waals surface area contributed by atoms with Gasteiger partial charge in [0.1, 0.15) is 6.10 Å². The van der Waals surface area contributed by atoms with Crippen molar-refractivity contribution in [3.8, 4) is 0 Å². The summed E-state index contributed by atoms with van der Waals surface area (Å²) in [4.78, 5) is 11.9. The standard InChI is InChI=1S/C31H50O2/c1-19-9-10-22-13-17-30(7)23(27(22)20(19)2)11-12-25-29(6)16-15-26(33-21(3)32)28(4,5)24(29)14-18-31(25,30)8/h11,19-20,22,24-27H,9-10,12-18H2,1-8H3. The molecule has 0 radical (unpaired) electrons. The van der Waals surface area contributed by atoms with Crippen LogP contribution in [0.15, 0.2) is 11.6 Å². The van der Waals surface area contributed by atoms with Crippen molar-refractivity contribution in [2.45, 2.75) is 119 Å². The molecule has 0 amide bonds. The van der Waals surface area contributed by atoms with E-state index in [9.17, 15) is 4.79 Å². The van der Waals surface area contributed by atoms with Crippen LogP contribution in [0.2, 0.25) is 0 Å². The Morgan fingerprint density at radius 1 is 0.909 bits per heavy atom. The van der Waals surface area contributed by atoms with Gasteiger partial charge in [-0.3, -0.25) is 4.79 Å². The van der Waals surface area contributed by atoms with Gasteiger partial charge in [-0.25, -0.2) is 0 Å². The normalized spacial score (nSPS) is 53.0. The number of esters is 1. The van der Waals surface area contributed by atoms with Crippen LogP contribution in [0.25, 0.3) is 0 Å². The average molecular weight is 455 g/mol. The van der Waals surface area contributed by atoms with Gasteiger partial charge in [-0.2, -0.15) is 0 Å². The topological polar surface area (TPSA) is 26.3 Å². The first kappa shape index (κ1) is 23.9. The van der Waals surface area contributed by atoms with Gasteiger partial charge in [0.2, 0.25) is 0 Å². The Labute approximate surface area is 203 Å². The highest BCUT2D eigenvalue weighted by Crippen LogP contribution is 2.74. The van der Waals surface area contributed by atoms with E-state index >= 15 is 0 Å². The largest absolute Gasteiger partial charge is 0.462 e. The lowest BCUT2D eigenvalue weighted by molar-refractivity contribution is -0.210. The monoisotopic (exact) mass is 454 g/mol. The van der Waals surface area contributed by atoms with Gasteiger partial charge in [0.25, 0.3) is 0 Å². The van der Waals surface area contributed by atoms with Crippen LogP contribution in [0.4, 0.5) is 0 Å². The van der Waals surface area contributed by atoms with Crippen LogP contribution >= 0.6 is 0 Å². The van der Waals surface area contributed by atoms with Gasteiger partial charge in [0.15, 0.2) is 0 Å². The fourth-order valence-electron chi connectivity index (χ4n) is 10.9. The van der Waals surface area contributed by atoms with Gasteiger partial charge < -0.3 is 4.74 Å². The summed E-state index contributed by atoms with van der Waals surface area (Å²) in [5.41, 5.74) is 3.01. The van der Waals surface area contributed by atoms with Crippen molar-refractivity contribution >= 4 is 5.97 Å². The van der Waals surface area contributed by atoms with Gasteiger partial charge in [-0.15, -0.1) is 0 Å². The Morgan fingerprint density at radius 2 is 1.64 bits per heavy atom. The molecule has 10 atom stereocenters. The Bertz CT molecular complexity index is 838. The Hall–Kier alpha value is -0.790. The van der Waals surface area contributed by atoms with E-state index in [0.717, 1.165) is 36.0 Å². The van der Waals surface area contributed by atoms with E-state index < -0.39 is 0 Å².